The van der Waals surface area contributed by atoms with Gasteiger partial charge in [0.15, 0.2) is 0 Å². The molecule has 0 saturated carbocycles. The lowest BCUT2D eigenvalue weighted by Crippen LogP contribution is -2.44. The highest BCUT2D eigenvalue weighted by Gasteiger charge is 2.45. The van der Waals surface area contributed by atoms with Crippen LogP contribution in [0.3, 0.4) is 0 Å². The predicted octanol–water partition coefficient (Wildman–Crippen LogP) is 1.99. The summed E-state index contributed by atoms with van der Waals surface area (Å²) in [6.45, 7) is 2.86. The van der Waals surface area contributed by atoms with E-state index in [2.05, 4.69) is 17.5 Å². The lowest BCUT2D eigenvalue weighted by molar-refractivity contribution is -0.148. The molecule has 5 heteroatoms. The molecule has 0 radical (unpaired) electrons. The van der Waals surface area contributed by atoms with Crippen LogP contribution in [0, 0.1) is 5.41 Å². The smallest absolute Gasteiger partial charge is 0.317 e. The molecule has 2 aliphatic rings. The van der Waals surface area contributed by atoms with Gasteiger partial charge in [-0.15, -0.1) is 0 Å². The van der Waals surface area contributed by atoms with Gasteiger partial charge in [-0.1, -0.05) is 25.5 Å². The summed E-state index contributed by atoms with van der Waals surface area (Å²) in [5.74, 6) is -0.771. The van der Waals surface area contributed by atoms with E-state index in [1.807, 2.05) is 6.92 Å². The van der Waals surface area contributed by atoms with E-state index in [-0.39, 0.29) is 12.1 Å². The first-order valence-electron chi connectivity index (χ1n) is 7.01. The summed E-state index contributed by atoms with van der Waals surface area (Å²) >= 11 is 0. The van der Waals surface area contributed by atoms with Crippen molar-refractivity contribution in [2.45, 2.75) is 45.1 Å². The highest BCUT2D eigenvalue weighted by molar-refractivity contribution is 5.80. The molecule has 1 atom stereocenters. The van der Waals surface area contributed by atoms with Gasteiger partial charge >= 0.3 is 12.0 Å². The quantitative estimate of drug-likeness (QED) is 0.764. The van der Waals surface area contributed by atoms with Crippen molar-refractivity contribution in [3.8, 4) is 0 Å². The monoisotopic (exact) mass is 266 g/mol. The molecule has 106 valence electrons. The Morgan fingerprint density at radius 3 is 2.68 bits per heavy atom. The molecule has 0 aromatic rings. The number of rotatable bonds is 4. The molecule has 0 bridgehead atoms. The maximum atomic E-state index is 12.1. The van der Waals surface area contributed by atoms with E-state index in [9.17, 15) is 14.7 Å². The number of carboxylic acids is 1. The normalized spacial score (nSPS) is 26.9. The molecule has 0 aromatic heterocycles. The average Bonchev–Trinajstić information content (AvgIpc) is 2.99. The van der Waals surface area contributed by atoms with Crippen LogP contribution in [0.4, 0.5) is 4.79 Å². The Hall–Kier alpha value is -1.52. The van der Waals surface area contributed by atoms with Crippen LogP contribution < -0.4 is 5.32 Å². The number of likely N-dealkylation sites (tertiary alicyclic amines) is 1. The third-order valence-corrected chi connectivity index (χ3v) is 4.16. The molecule has 2 N–H and O–H groups in total. The first kappa shape index (κ1) is 13.9. The van der Waals surface area contributed by atoms with Gasteiger partial charge in [0.05, 0.1) is 5.41 Å². The molecular weight excluding hydrogens is 244 g/mol. The zero-order valence-corrected chi connectivity index (χ0v) is 11.4. The molecule has 1 fully saturated rings. The molecule has 5 nitrogen and oxygen atoms in total. The third kappa shape index (κ3) is 2.91. The van der Waals surface area contributed by atoms with Crippen LogP contribution in [0.25, 0.3) is 0 Å². The minimum Gasteiger partial charge on any atom is -0.481 e. The number of hydrogen-bond acceptors (Lipinski definition) is 2. The highest BCUT2D eigenvalue weighted by atomic mass is 16.4. The largest absolute Gasteiger partial charge is 0.481 e. The van der Waals surface area contributed by atoms with E-state index in [0.717, 1.165) is 19.3 Å². The fourth-order valence-corrected chi connectivity index (χ4v) is 3.01. The summed E-state index contributed by atoms with van der Waals surface area (Å²) in [6.07, 6.45) is 7.90. The number of nitrogens with zero attached hydrogens (tertiary/aromatic N) is 1. The fourth-order valence-electron chi connectivity index (χ4n) is 3.01. The van der Waals surface area contributed by atoms with E-state index in [1.165, 1.54) is 0 Å². The predicted molar refractivity (Wildman–Crippen MR) is 71.9 cm³/mol. The van der Waals surface area contributed by atoms with Gasteiger partial charge in [0.2, 0.25) is 0 Å². The molecule has 1 saturated heterocycles. The lowest BCUT2D eigenvalue weighted by atomic mass is 9.83. The molecule has 1 heterocycles. The number of carboxylic acid groups (broad SMARTS) is 1. The maximum Gasteiger partial charge on any atom is 0.317 e. The van der Waals surface area contributed by atoms with Gasteiger partial charge in [-0.05, 0) is 25.7 Å². The number of nitrogens with one attached hydrogen (secondary N) is 1. The average molecular weight is 266 g/mol. The number of carbonyl (C=O) groups excluding carboxylic acids is 1. The van der Waals surface area contributed by atoms with Gasteiger partial charge in [0.25, 0.3) is 0 Å². The Balaban J connectivity index is 1.92. The van der Waals surface area contributed by atoms with Crippen LogP contribution in [-0.4, -0.2) is 41.1 Å². The molecule has 2 rings (SSSR count). The molecule has 0 spiro atoms. The molecule has 0 aromatic carbocycles. The Morgan fingerprint density at radius 1 is 1.42 bits per heavy atom. The van der Waals surface area contributed by atoms with E-state index < -0.39 is 11.4 Å². The van der Waals surface area contributed by atoms with Gasteiger partial charge in [0.1, 0.15) is 0 Å². The standard InChI is InChI=1S/C14H22N2O3/c1-2-7-14(12(17)18)8-9-16(10-14)13(19)15-11-5-3-4-6-11/h3-4,11H,2,5-10H2,1H3,(H,15,19)(H,17,18). The van der Waals surface area contributed by atoms with Crippen LogP contribution >= 0.6 is 0 Å². The summed E-state index contributed by atoms with van der Waals surface area (Å²) < 4.78 is 0. The lowest BCUT2D eigenvalue weighted by Gasteiger charge is -2.25. The molecular formula is C14H22N2O3. The van der Waals surface area contributed by atoms with Crippen LogP contribution in [0.5, 0.6) is 0 Å². The van der Waals surface area contributed by atoms with Crippen molar-refractivity contribution in [3.63, 3.8) is 0 Å². The van der Waals surface area contributed by atoms with E-state index >= 15 is 0 Å². The van der Waals surface area contributed by atoms with Gasteiger partial charge in [0, 0.05) is 19.1 Å². The van der Waals surface area contributed by atoms with Gasteiger partial charge in [-0.2, -0.15) is 0 Å². The Labute approximate surface area is 113 Å². The first-order valence-corrected chi connectivity index (χ1v) is 7.01. The van der Waals surface area contributed by atoms with Crippen LogP contribution in [0.2, 0.25) is 0 Å². The Morgan fingerprint density at radius 2 is 2.11 bits per heavy atom. The minimum atomic E-state index is -0.771. The van der Waals surface area contributed by atoms with Crippen molar-refractivity contribution in [1.82, 2.24) is 10.2 Å². The first-order chi connectivity index (χ1) is 9.07. The third-order valence-electron chi connectivity index (χ3n) is 4.16. The Kier molecular flexibility index (Phi) is 4.12. The number of urea groups is 1. The summed E-state index contributed by atoms with van der Waals surface area (Å²) in [6, 6.07) is 0.0615. The summed E-state index contributed by atoms with van der Waals surface area (Å²) in [5, 5.41) is 12.4. The van der Waals surface area contributed by atoms with E-state index in [0.29, 0.717) is 25.9 Å². The minimum absolute atomic E-state index is 0.118. The summed E-state index contributed by atoms with van der Waals surface area (Å²) in [4.78, 5) is 25.2. The second-order valence-electron chi connectivity index (χ2n) is 5.60. The van der Waals surface area contributed by atoms with Crippen molar-refractivity contribution >= 4 is 12.0 Å². The second kappa shape index (κ2) is 5.63. The van der Waals surface area contributed by atoms with Crippen LogP contribution in [0.1, 0.15) is 39.0 Å². The van der Waals surface area contributed by atoms with Crippen molar-refractivity contribution in [2.75, 3.05) is 13.1 Å². The van der Waals surface area contributed by atoms with Crippen LogP contribution in [0.15, 0.2) is 12.2 Å². The summed E-state index contributed by atoms with van der Waals surface area (Å²) in [5.41, 5.74) is -0.736. The zero-order chi connectivity index (χ0) is 13.9. The van der Waals surface area contributed by atoms with Crippen molar-refractivity contribution in [1.29, 1.82) is 0 Å². The van der Waals surface area contributed by atoms with E-state index in [4.69, 9.17) is 0 Å². The number of carbonyl (C=O) groups is 2. The fraction of sp³-hybridized carbons (Fsp3) is 0.714. The maximum absolute atomic E-state index is 12.1. The topological polar surface area (TPSA) is 69.6 Å². The molecule has 1 aliphatic carbocycles. The second-order valence-corrected chi connectivity index (χ2v) is 5.60. The van der Waals surface area contributed by atoms with E-state index in [1.54, 1.807) is 4.90 Å². The van der Waals surface area contributed by atoms with Crippen LogP contribution in [-0.2, 0) is 4.79 Å². The highest BCUT2D eigenvalue weighted by Crippen LogP contribution is 2.35. The van der Waals surface area contributed by atoms with Gasteiger partial charge in [-0.3, -0.25) is 4.79 Å². The molecule has 1 unspecified atom stereocenters. The molecule has 1 aliphatic heterocycles. The molecule has 19 heavy (non-hydrogen) atoms. The van der Waals surface area contributed by atoms with Crippen molar-refractivity contribution < 1.29 is 14.7 Å². The Bertz CT molecular complexity index is 386. The van der Waals surface area contributed by atoms with Gasteiger partial charge in [-0.25, -0.2) is 4.79 Å². The SMILES string of the molecule is CCCC1(C(=O)O)CCN(C(=O)NC2CC=CC2)C1. The number of hydrogen-bond donors (Lipinski definition) is 2. The molecule has 2 amide bonds. The number of amides is 2. The van der Waals surface area contributed by atoms with Gasteiger partial charge < -0.3 is 15.3 Å². The summed E-state index contributed by atoms with van der Waals surface area (Å²) in [7, 11) is 0. The zero-order valence-electron chi connectivity index (χ0n) is 11.4. The van der Waals surface area contributed by atoms with Crippen molar-refractivity contribution in [3.05, 3.63) is 12.2 Å². The van der Waals surface area contributed by atoms with Crippen molar-refractivity contribution in [2.24, 2.45) is 5.41 Å². The number of aliphatic carboxylic acids is 1.